The van der Waals surface area contributed by atoms with Crippen LogP contribution >= 0.6 is 0 Å². The summed E-state index contributed by atoms with van der Waals surface area (Å²) >= 11 is 0. The maximum atomic E-state index is 10.4. The second-order valence-corrected chi connectivity index (χ2v) is 3.21. The smallest absolute Gasteiger partial charge is 0.449 e. The molecule has 0 bridgehead atoms. The first-order valence-corrected chi connectivity index (χ1v) is 4.70. The molecule has 0 radical (unpaired) electrons. The highest BCUT2D eigenvalue weighted by atomic mass is 16.7. The van der Waals surface area contributed by atoms with Gasteiger partial charge in [0.2, 0.25) is 5.88 Å². The molecular weight excluding hydrogens is 208 g/mol. The number of nitrogens with zero attached hydrogens (tertiary/aromatic N) is 2. The highest BCUT2D eigenvalue weighted by Gasteiger charge is 2.07. The molecule has 0 unspecified atom stereocenters. The van der Waals surface area contributed by atoms with E-state index in [1.165, 1.54) is 12.5 Å². The van der Waals surface area contributed by atoms with Gasteiger partial charge in [0.25, 0.3) is 0 Å². The second-order valence-electron chi connectivity index (χ2n) is 3.21. The van der Waals surface area contributed by atoms with Crippen LogP contribution in [-0.2, 0) is 6.54 Å². The Morgan fingerprint density at radius 1 is 1.38 bits per heavy atom. The summed E-state index contributed by atoms with van der Waals surface area (Å²) in [6.07, 6.45) is 1.57. The van der Waals surface area contributed by atoms with Crippen molar-refractivity contribution in [1.29, 1.82) is 0 Å². The van der Waals surface area contributed by atoms with E-state index in [2.05, 4.69) is 9.72 Å². The molecule has 1 N–H and O–H groups in total. The van der Waals surface area contributed by atoms with Gasteiger partial charge in [-0.05, 0) is 5.56 Å². The van der Waals surface area contributed by atoms with Crippen molar-refractivity contribution in [2.24, 2.45) is 0 Å². The summed E-state index contributed by atoms with van der Waals surface area (Å²) in [5.74, 6) is 0.219. The van der Waals surface area contributed by atoms with Gasteiger partial charge in [0, 0.05) is 0 Å². The van der Waals surface area contributed by atoms with E-state index >= 15 is 0 Å². The lowest BCUT2D eigenvalue weighted by atomic mass is 10.2. The predicted molar refractivity (Wildman–Crippen MR) is 56.4 cm³/mol. The molecular formula is C11H10N2O3. The Hall–Kier alpha value is -2.30. The fourth-order valence-electron chi connectivity index (χ4n) is 1.38. The number of aromatic nitrogens is 2. The van der Waals surface area contributed by atoms with Gasteiger partial charge in [-0.3, -0.25) is 4.57 Å². The van der Waals surface area contributed by atoms with Crippen LogP contribution in [-0.4, -0.2) is 20.8 Å². The first-order valence-electron chi connectivity index (χ1n) is 4.70. The number of hydrogen-bond acceptors (Lipinski definition) is 3. The average molecular weight is 218 g/mol. The first-order chi connectivity index (χ1) is 7.75. The molecule has 0 saturated heterocycles. The van der Waals surface area contributed by atoms with Crippen LogP contribution in [0.15, 0.2) is 42.9 Å². The summed E-state index contributed by atoms with van der Waals surface area (Å²) in [5, 5.41) is 8.51. The van der Waals surface area contributed by atoms with Gasteiger partial charge in [-0.2, -0.15) is 0 Å². The Labute approximate surface area is 91.9 Å². The quantitative estimate of drug-likeness (QED) is 0.800. The molecule has 82 valence electrons. The van der Waals surface area contributed by atoms with E-state index in [9.17, 15) is 4.79 Å². The van der Waals surface area contributed by atoms with Crippen molar-refractivity contribution < 1.29 is 14.6 Å². The van der Waals surface area contributed by atoms with Crippen molar-refractivity contribution in [3.63, 3.8) is 0 Å². The molecule has 2 rings (SSSR count). The Balaban J connectivity index is 2.16. The maximum absolute atomic E-state index is 10.4. The summed E-state index contributed by atoms with van der Waals surface area (Å²) in [7, 11) is 0. The zero-order valence-electron chi connectivity index (χ0n) is 8.41. The molecule has 1 aromatic carbocycles. The molecule has 0 aliphatic heterocycles. The standard InChI is InChI=1S/C11H10N2O3/c14-11(15)16-10-6-12-8-13(10)7-9-4-2-1-3-5-9/h1-6,8H,7H2,(H,14,15). The summed E-state index contributed by atoms with van der Waals surface area (Å²) in [5.41, 5.74) is 1.05. The minimum atomic E-state index is -1.34. The Bertz CT molecular complexity index is 479. The second kappa shape index (κ2) is 4.48. The molecule has 0 fully saturated rings. The maximum Gasteiger partial charge on any atom is 0.512 e. The molecule has 0 amide bonds. The largest absolute Gasteiger partial charge is 0.512 e. The van der Waals surface area contributed by atoms with Gasteiger partial charge in [0.15, 0.2) is 0 Å². The third-order valence-electron chi connectivity index (χ3n) is 2.06. The summed E-state index contributed by atoms with van der Waals surface area (Å²) in [4.78, 5) is 14.3. The molecule has 0 spiro atoms. The molecule has 5 heteroatoms. The van der Waals surface area contributed by atoms with Crippen LogP contribution in [0.25, 0.3) is 0 Å². The van der Waals surface area contributed by atoms with Crippen molar-refractivity contribution in [2.75, 3.05) is 0 Å². The topological polar surface area (TPSA) is 64.3 Å². The van der Waals surface area contributed by atoms with Crippen molar-refractivity contribution >= 4 is 6.16 Å². The SMILES string of the molecule is O=C(O)Oc1cncn1Cc1ccccc1. The lowest BCUT2D eigenvalue weighted by Crippen LogP contribution is -2.08. The lowest BCUT2D eigenvalue weighted by molar-refractivity contribution is 0.141. The van der Waals surface area contributed by atoms with E-state index in [0.29, 0.717) is 6.54 Å². The summed E-state index contributed by atoms with van der Waals surface area (Å²) in [6, 6.07) is 9.66. The Kier molecular flexibility index (Phi) is 2.86. The first kappa shape index (κ1) is 10.2. The van der Waals surface area contributed by atoms with Crippen LogP contribution in [0.2, 0.25) is 0 Å². The van der Waals surface area contributed by atoms with Crippen LogP contribution in [0, 0.1) is 0 Å². The van der Waals surface area contributed by atoms with Crippen LogP contribution in [0.4, 0.5) is 4.79 Å². The van der Waals surface area contributed by atoms with Crippen LogP contribution in [0.1, 0.15) is 5.56 Å². The molecule has 0 atom stereocenters. The fraction of sp³-hybridized carbons (Fsp3) is 0.0909. The van der Waals surface area contributed by atoms with Crippen molar-refractivity contribution in [2.45, 2.75) is 6.54 Å². The van der Waals surface area contributed by atoms with E-state index in [-0.39, 0.29) is 5.88 Å². The number of benzene rings is 1. The van der Waals surface area contributed by atoms with Crippen LogP contribution in [0.3, 0.4) is 0 Å². The van der Waals surface area contributed by atoms with E-state index in [1.807, 2.05) is 30.3 Å². The number of rotatable bonds is 3. The van der Waals surface area contributed by atoms with E-state index < -0.39 is 6.16 Å². The number of imidazole rings is 1. The fourth-order valence-corrected chi connectivity index (χ4v) is 1.38. The Morgan fingerprint density at radius 2 is 2.12 bits per heavy atom. The van der Waals surface area contributed by atoms with Gasteiger partial charge in [-0.1, -0.05) is 30.3 Å². The normalized spacial score (nSPS) is 10.0. The van der Waals surface area contributed by atoms with E-state index in [1.54, 1.807) is 4.57 Å². The van der Waals surface area contributed by atoms with E-state index in [0.717, 1.165) is 5.56 Å². The number of carbonyl (C=O) groups is 1. The molecule has 2 aromatic rings. The van der Waals surface area contributed by atoms with Gasteiger partial charge in [0.05, 0.1) is 19.1 Å². The predicted octanol–water partition coefficient (Wildman–Crippen LogP) is 1.99. The zero-order chi connectivity index (χ0) is 11.4. The monoisotopic (exact) mass is 218 g/mol. The molecule has 1 heterocycles. The van der Waals surface area contributed by atoms with Crippen molar-refractivity contribution in [1.82, 2.24) is 9.55 Å². The number of hydrogen-bond donors (Lipinski definition) is 1. The number of carboxylic acid groups (broad SMARTS) is 1. The molecule has 5 nitrogen and oxygen atoms in total. The summed E-state index contributed by atoms with van der Waals surface area (Å²) < 4.78 is 6.20. The van der Waals surface area contributed by atoms with Gasteiger partial charge in [-0.25, -0.2) is 9.78 Å². The van der Waals surface area contributed by atoms with Crippen molar-refractivity contribution in [3.8, 4) is 5.88 Å². The van der Waals surface area contributed by atoms with Crippen LogP contribution < -0.4 is 4.74 Å². The highest BCUT2D eigenvalue weighted by molar-refractivity contribution is 5.60. The third kappa shape index (κ3) is 2.38. The minimum absolute atomic E-state index is 0.219. The van der Waals surface area contributed by atoms with E-state index in [4.69, 9.17) is 5.11 Å². The van der Waals surface area contributed by atoms with Gasteiger partial charge >= 0.3 is 6.16 Å². The highest BCUT2D eigenvalue weighted by Crippen LogP contribution is 2.12. The Morgan fingerprint density at radius 3 is 2.81 bits per heavy atom. The summed E-state index contributed by atoms with van der Waals surface area (Å²) in [6.45, 7) is 0.531. The van der Waals surface area contributed by atoms with Gasteiger partial charge in [0.1, 0.15) is 0 Å². The molecule has 0 aliphatic rings. The third-order valence-corrected chi connectivity index (χ3v) is 2.06. The molecule has 0 aliphatic carbocycles. The molecule has 0 saturated carbocycles. The lowest BCUT2D eigenvalue weighted by Gasteiger charge is -2.06. The molecule has 16 heavy (non-hydrogen) atoms. The van der Waals surface area contributed by atoms with Crippen molar-refractivity contribution in [3.05, 3.63) is 48.4 Å². The molecule has 1 aromatic heterocycles. The van der Waals surface area contributed by atoms with Crippen LogP contribution in [0.5, 0.6) is 5.88 Å². The zero-order valence-corrected chi connectivity index (χ0v) is 8.41. The minimum Gasteiger partial charge on any atom is -0.449 e. The number of ether oxygens (including phenoxy) is 1. The average Bonchev–Trinajstić information content (AvgIpc) is 2.66. The van der Waals surface area contributed by atoms with Gasteiger partial charge in [-0.15, -0.1) is 0 Å². The van der Waals surface area contributed by atoms with Gasteiger partial charge < -0.3 is 9.84 Å².